The van der Waals surface area contributed by atoms with E-state index in [9.17, 15) is 18.3 Å². The lowest BCUT2D eigenvalue weighted by Gasteiger charge is -2.33. The standard InChI is InChI=1S/C17H21N3O4S/c1-25(23,24)19-13-9-5-6-10-14(13)20-11-18-15(17(21)22)16(20)12-7-3-2-4-8-12/h2-4,7-8,11,13-14,19H,5-6,9-10H2,1H3,(H,21,22)/t13-,14-/m0/s1. The molecule has 0 amide bonds. The number of carbonyl (C=O) groups is 1. The Morgan fingerprint density at radius 1 is 1.24 bits per heavy atom. The molecule has 1 aromatic heterocycles. The predicted octanol–water partition coefficient (Wildman–Crippen LogP) is 2.28. The second-order valence-electron chi connectivity index (χ2n) is 6.37. The molecule has 2 aromatic rings. The van der Waals surface area contributed by atoms with E-state index in [0.29, 0.717) is 12.1 Å². The molecular weight excluding hydrogens is 342 g/mol. The molecule has 1 aromatic carbocycles. The van der Waals surface area contributed by atoms with Crippen LogP contribution < -0.4 is 4.72 Å². The van der Waals surface area contributed by atoms with E-state index in [4.69, 9.17) is 0 Å². The zero-order valence-corrected chi connectivity index (χ0v) is 14.7. The van der Waals surface area contributed by atoms with Crippen LogP contribution in [0.2, 0.25) is 0 Å². The number of benzene rings is 1. The van der Waals surface area contributed by atoms with Crippen LogP contribution in [0.15, 0.2) is 36.7 Å². The molecule has 3 rings (SSSR count). The number of hydrogen-bond acceptors (Lipinski definition) is 4. The second kappa shape index (κ2) is 6.97. The average molecular weight is 363 g/mol. The van der Waals surface area contributed by atoms with Crippen molar-refractivity contribution in [1.82, 2.24) is 14.3 Å². The monoisotopic (exact) mass is 363 g/mol. The number of nitrogens with one attached hydrogen (secondary N) is 1. The first-order chi connectivity index (χ1) is 11.9. The van der Waals surface area contributed by atoms with Crippen molar-refractivity contribution in [2.24, 2.45) is 0 Å². The van der Waals surface area contributed by atoms with Gasteiger partial charge in [0.2, 0.25) is 10.0 Å². The van der Waals surface area contributed by atoms with Crippen molar-refractivity contribution in [1.29, 1.82) is 0 Å². The number of imidazole rings is 1. The Balaban J connectivity index is 2.08. The molecule has 0 unspecified atom stereocenters. The maximum absolute atomic E-state index is 11.7. The molecule has 2 N–H and O–H groups in total. The fraction of sp³-hybridized carbons (Fsp3) is 0.412. The number of nitrogens with zero attached hydrogens (tertiary/aromatic N) is 2. The van der Waals surface area contributed by atoms with Gasteiger partial charge in [0.25, 0.3) is 0 Å². The molecule has 1 heterocycles. The third-order valence-electron chi connectivity index (χ3n) is 4.50. The highest BCUT2D eigenvalue weighted by Gasteiger charge is 2.32. The van der Waals surface area contributed by atoms with Gasteiger partial charge >= 0.3 is 5.97 Å². The maximum Gasteiger partial charge on any atom is 0.356 e. The Bertz CT molecular complexity index is 861. The molecule has 0 bridgehead atoms. The summed E-state index contributed by atoms with van der Waals surface area (Å²) in [5.41, 5.74) is 1.25. The van der Waals surface area contributed by atoms with Gasteiger partial charge in [0, 0.05) is 11.6 Å². The molecule has 0 saturated heterocycles. The summed E-state index contributed by atoms with van der Waals surface area (Å²) in [7, 11) is -3.35. The second-order valence-corrected chi connectivity index (χ2v) is 8.15. The van der Waals surface area contributed by atoms with Gasteiger partial charge in [-0.1, -0.05) is 43.2 Å². The lowest BCUT2D eigenvalue weighted by atomic mass is 9.90. The highest BCUT2D eigenvalue weighted by Crippen LogP contribution is 2.34. The summed E-state index contributed by atoms with van der Waals surface area (Å²) in [6.07, 6.45) is 6.04. The van der Waals surface area contributed by atoms with Gasteiger partial charge in [0.15, 0.2) is 5.69 Å². The topological polar surface area (TPSA) is 101 Å². The molecule has 134 valence electrons. The van der Waals surface area contributed by atoms with Crippen LogP contribution in [0.3, 0.4) is 0 Å². The maximum atomic E-state index is 11.7. The number of carboxylic acids is 1. The fourth-order valence-electron chi connectivity index (χ4n) is 3.51. The molecule has 0 spiro atoms. The Morgan fingerprint density at radius 2 is 1.92 bits per heavy atom. The smallest absolute Gasteiger partial charge is 0.356 e. The van der Waals surface area contributed by atoms with Gasteiger partial charge in [-0.2, -0.15) is 0 Å². The largest absolute Gasteiger partial charge is 0.476 e. The fourth-order valence-corrected chi connectivity index (χ4v) is 4.33. The van der Waals surface area contributed by atoms with Crippen LogP contribution in [0.25, 0.3) is 11.3 Å². The summed E-state index contributed by atoms with van der Waals surface area (Å²) in [4.78, 5) is 15.7. The number of aromatic nitrogens is 2. The van der Waals surface area contributed by atoms with Crippen molar-refractivity contribution >= 4 is 16.0 Å². The number of sulfonamides is 1. The first kappa shape index (κ1) is 17.6. The van der Waals surface area contributed by atoms with E-state index in [-0.39, 0.29) is 17.8 Å². The Labute approximate surface area is 146 Å². The molecule has 1 aliphatic rings. The van der Waals surface area contributed by atoms with Crippen LogP contribution in [0.5, 0.6) is 0 Å². The van der Waals surface area contributed by atoms with Gasteiger partial charge in [-0.05, 0) is 12.8 Å². The molecule has 8 heteroatoms. The molecule has 1 saturated carbocycles. The minimum Gasteiger partial charge on any atom is -0.476 e. The first-order valence-electron chi connectivity index (χ1n) is 8.19. The summed E-state index contributed by atoms with van der Waals surface area (Å²) >= 11 is 0. The highest BCUT2D eigenvalue weighted by molar-refractivity contribution is 7.88. The zero-order chi connectivity index (χ0) is 18.0. The molecule has 25 heavy (non-hydrogen) atoms. The molecule has 0 radical (unpaired) electrons. The highest BCUT2D eigenvalue weighted by atomic mass is 32.2. The molecule has 1 aliphatic carbocycles. The lowest BCUT2D eigenvalue weighted by molar-refractivity contribution is 0.0691. The van der Waals surface area contributed by atoms with E-state index < -0.39 is 16.0 Å². The number of carboxylic acid groups (broad SMARTS) is 1. The molecule has 2 atom stereocenters. The van der Waals surface area contributed by atoms with Crippen molar-refractivity contribution < 1.29 is 18.3 Å². The van der Waals surface area contributed by atoms with Crippen LogP contribution >= 0.6 is 0 Å². The molecular formula is C17H21N3O4S. The van der Waals surface area contributed by atoms with E-state index in [2.05, 4.69) is 9.71 Å². The van der Waals surface area contributed by atoms with Crippen molar-refractivity contribution in [3.8, 4) is 11.3 Å². The summed E-state index contributed by atoms with van der Waals surface area (Å²) in [6.45, 7) is 0. The van der Waals surface area contributed by atoms with Crippen molar-refractivity contribution in [2.45, 2.75) is 37.8 Å². The van der Waals surface area contributed by atoms with Crippen molar-refractivity contribution in [3.05, 3.63) is 42.4 Å². The van der Waals surface area contributed by atoms with Crippen LogP contribution in [0.4, 0.5) is 0 Å². The minimum atomic E-state index is -3.35. The van der Waals surface area contributed by atoms with Crippen LogP contribution in [-0.4, -0.2) is 41.3 Å². The van der Waals surface area contributed by atoms with Gasteiger partial charge in [0.05, 0.1) is 24.3 Å². The number of rotatable bonds is 5. The Morgan fingerprint density at radius 3 is 2.56 bits per heavy atom. The molecule has 7 nitrogen and oxygen atoms in total. The lowest BCUT2D eigenvalue weighted by Crippen LogP contribution is -2.42. The Kier molecular flexibility index (Phi) is 4.91. The third-order valence-corrected chi connectivity index (χ3v) is 5.23. The summed E-state index contributed by atoms with van der Waals surface area (Å²) in [5, 5.41) is 9.50. The van der Waals surface area contributed by atoms with Crippen molar-refractivity contribution in [2.75, 3.05) is 6.26 Å². The van der Waals surface area contributed by atoms with Crippen LogP contribution in [0.1, 0.15) is 42.2 Å². The quantitative estimate of drug-likeness (QED) is 0.849. The predicted molar refractivity (Wildman–Crippen MR) is 93.9 cm³/mol. The average Bonchev–Trinajstić information content (AvgIpc) is 2.99. The van der Waals surface area contributed by atoms with Gasteiger partial charge in [-0.15, -0.1) is 0 Å². The van der Waals surface area contributed by atoms with Gasteiger partial charge in [-0.25, -0.2) is 22.9 Å². The van der Waals surface area contributed by atoms with Crippen LogP contribution in [0, 0.1) is 0 Å². The summed E-state index contributed by atoms with van der Waals surface area (Å²) in [6, 6.07) is 8.76. The van der Waals surface area contributed by atoms with Gasteiger partial charge in [0.1, 0.15) is 0 Å². The molecule has 0 aliphatic heterocycles. The van der Waals surface area contributed by atoms with Gasteiger partial charge in [-0.3, -0.25) is 0 Å². The first-order valence-corrected chi connectivity index (χ1v) is 10.1. The van der Waals surface area contributed by atoms with Crippen molar-refractivity contribution in [3.63, 3.8) is 0 Å². The van der Waals surface area contributed by atoms with E-state index >= 15 is 0 Å². The minimum absolute atomic E-state index is 0.0186. The number of aromatic carboxylic acids is 1. The summed E-state index contributed by atoms with van der Waals surface area (Å²) < 4.78 is 27.9. The van der Waals surface area contributed by atoms with Crippen LogP contribution in [-0.2, 0) is 10.0 Å². The third kappa shape index (κ3) is 3.91. The van der Waals surface area contributed by atoms with Gasteiger partial charge < -0.3 is 9.67 Å². The van der Waals surface area contributed by atoms with E-state index in [1.807, 2.05) is 34.9 Å². The number of hydrogen-bond donors (Lipinski definition) is 2. The molecule has 1 fully saturated rings. The summed E-state index contributed by atoms with van der Waals surface area (Å²) in [5.74, 6) is -1.10. The zero-order valence-electron chi connectivity index (χ0n) is 13.9. The van der Waals surface area contributed by atoms with E-state index in [1.165, 1.54) is 6.33 Å². The van der Waals surface area contributed by atoms with E-state index in [1.54, 1.807) is 0 Å². The van der Waals surface area contributed by atoms with E-state index in [0.717, 1.165) is 31.1 Å². The Hall–Kier alpha value is -2.19. The SMILES string of the molecule is CS(=O)(=O)N[C@H]1CCCC[C@@H]1n1cnc(C(=O)O)c1-c1ccccc1. The normalized spacial score (nSPS) is 21.2.